The van der Waals surface area contributed by atoms with Crippen molar-refractivity contribution in [2.24, 2.45) is 7.05 Å². The minimum absolute atomic E-state index is 0.0828. The van der Waals surface area contributed by atoms with E-state index >= 15 is 0 Å². The summed E-state index contributed by atoms with van der Waals surface area (Å²) < 4.78 is 14.5. The normalized spacial score (nSPS) is 22.2. The molecule has 0 radical (unpaired) electrons. The summed E-state index contributed by atoms with van der Waals surface area (Å²) in [4.78, 5) is 13.9. The smallest absolute Gasteiger partial charge is 0.255 e. The summed E-state index contributed by atoms with van der Waals surface area (Å²) in [6.45, 7) is 0.977. The Bertz CT molecular complexity index is 427. The van der Waals surface area contributed by atoms with E-state index in [9.17, 15) is 9.18 Å². The molecule has 1 aromatic heterocycles. The first-order chi connectivity index (χ1) is 7.09. The van der Waals surface area contributed by atoms with Crippen molar-refractivity contribution in [1.82, 2.24) is 9.47 Å². The van der Waals surface area contributed by atoms with Crippen LogP contribution in [0.1, 0.15) is 24.4 Å². The van der Waals surface area contributed by atoms with Crippen LogP contribution >= 0.6 is 0 Å². The fourth-order valence-electron chi connectivity index (χ4n) is 2.24. The summed E-state index contributed by atoms with van der Waals surface area (Å²) in [5.41, 5.74) is 0.493. The van der Waals surface area contributed by atoms with Crippen LogP contribution in [0, 0.1) is 5.82 Å². The Labute approximate surface area is 88.1 Å². The zero-order valence-corrected chi connectivity index (χ0v) is 9.03. The molecule has 1 saturated heterocycles. The third kappa shape index (κ3) is 1.81. The summed E-state index contributed by atoms with van der Waals surface area (Å²) in [6, 6.07) is 1.45. The van der Waals surface area contributed by atoms with E-state index in [0.717, 1.165) is 19.4 Å². The lowest BCUT2D eigenvalue weighted by Crippen LogP contribution is -2.28. The van der Waals surface area contributed by atoms with Gasteiger partial charge >= 0.3 is 0 Å². The number of nitrogens with zero attached hydrogens (tertiary/aromatic N) is 2. The van der Waals surface area contributed by atoms with Crippen molar-refractivity contribution in [3.8, 4) is 0 Å². The monoisotopic (exact) mass is 210 g/mol. The number of rotatable bonds is 1. The Morgan fingerprint density at radius 2 is 2.20 bits per heavy atom. The fourth-order valence-corrected chi connectivity index (χ4v) is 2.24. The zero-order chi connectivity index (χ0) is 11.0. The molecule has 1 unspecified atom stereocenters. The molecule has 0 bridgehead atoms. The lowest BCUT2D eigenvalue weighted by molar-refractivity contribution is 0.313. The van der Waals surface area contributed by atoms with Crippen LogP contribution in [0.5, 0.6) is 0 Å². The van der Waals surface area contributed by atoms with E-state index in [4.69, 9.17) is 0 Å². The van der Waals surface area contributed by atoms with E-state index in [-0.39, 0.29) is 17.4 Å². The third-order valence-corrected chi connectivity index (χ3v) is 3.06. The van der Waals surface area contributed by atoms with Gasteiger partial charge in [-0.1, -0.05) is 0 Å². The summed E-state index contributed by atoms with van der Waals surface area (Å²) >= 11 is 0. The van der Waals surface area contributed by atoms with Gasteiger partial charge in [0.15, 0.2) is 0 Å². The van der Waals surface area contributed by atoms with Gasteiger partial charge in [0.1, 0.15) is 5.82 Å². The van der Waals surface area contributed by atoms with Gasteiger partial charge in [-0.15, -0.1) is 0 Å². The van der Waals surface area contributed by atoms with Crippen molar-refractivity contribution in [3.63, 3.8) is 0 Å². The minimum atomic E-state index is -0.340. The van der Waals surface area contributed by atoms with Gasteiger partial charge in [-0.05, 0) is 32.5 Å². The zero-order valence-electron chi connectivity index (χ0n) is 9.03. The van der Waals surface area contributed by atoms with Gasteiger partial charge in [0.2, 0.25) is 0 Å². The number of aromatic nitrogens is 1. The lowest BCUT2D eigenvalue weighted by atomic mass is 10.1. The van der Waals surface area contributed by atoms with Gasteiger partial charge in [-0.25, -0.2) is 4.39 Å². The molecule has 0 aromatic carbocycles. The highest BCUT2D eigenvalue weighted by atomic mass is 19.1. The van der Waals surface area contributed by atoms with Crippen LogP contribution in [0.15, 0.2) is 17.1 Å². The standard InChI is InChI=1S/C11H15FN2O/c1-13-5-3-4-10(13)9-6-8(12)7-14(2)11(9)15/h6-7,10H,3-5H2,1-2H3. The van der Waals surface area contributed by atoms with E-state index in [1.807, 2.05) is 7.05 Å². The molecular weight excluding hydrogens is 195 g/mol. The van der Waals surface area contributed by atoms with Gasteiger partial charge in [0.05, 0.1) is 0 Å². The predicted octanol–water partition coefficient (Wildman–Crippen LogP) is 1.29. The van der Waals surface area contributed by atoms with E-state index < -0.39 is 0 Å². The quantitative estimate of drug-likeness (QED) is 0.698. The molecule has 1 fully saturated rings. The van der Waals surface area contributed by atoms with Crippen molar-refractivity contribution < 1.29 is 4.39 Å². The predicted molar refractivity (Wildman–Crippen MR) is 56.2 cm³/mol. The van der Waals surface area contributed by atoms with E-state index in [1.54, 1.807) is 7.05 Å². The second-order valence-electron chi connectivity index (χ2n) is 4.17. The number of pyridine rings is 1. The Balaban J connectivity index is 2.47. The molecule has 0 aliphatic carbocycles. The highest BCUT2D eigenvalue weighted by Gasteiger charge is 2.25. The lowest BCUT2D eigenvalue weighted by Gasteiger charge is -2.19. The highest BCUT2D eigenvalue weighted by molar-refractivity contribution is 5.17. The number of hydrogen-bond donors (Lipinski definition) is 0. The number of hydrogen-bond acceptors (Lipinski definition) is 2. The van der Waals surface area contributed by atoms with Crippen molar-refractivity contribution in [2.75, 3.05) is 13.6 Å². The van der Waals surface area contributed by atoms with Gasteiger partial charge < -0.3 is 4.57 Å². The Morgan fingerprint density at radius 3 is 2.80 bits per heavy atom. The van der Waals surface area contributed by atoms with Gasteiger partial charge in [-0.3, -0.25) is 9.69 Å². The Morgan fingerprint density at radius 1 is 1.47 bits per heavy atom. The molecule has 0 N–H and O–H groups in total. The first-order valence-electron chi connectivity index (χ1n) is 5.16. The maximum Gasteiger partial charge on any atom is 0.255 e. The average Bonchev–Trinajstić information content (AvgIpc) is 2.58. The van der Waals surface area contributed by atoms with Crippen LogP contribution in [0.4, 0.5) is 4.39 Å². The molecule has 2 rings (SSSR count). The second-order valence-corrected chi connectivity index (χ2v) is 4.17. The second kappa shape index (κ2) is 3.77. The van der Waals surface area contributed by atoms with Crippen molar-refractivity contribution >= 4 is 0 Å². The molecule has 1 aromatic rings. The summed E-state index contributed by atoms with van der Waals surface area (Å²) in [6.07, 6.45) is 3.23. The van der Waals surface area contributed by atoms with Crippen LogP contribution in [-0.2, 0) is 7.05 Å². The van der Waals surface area contributed by atoms with Gasteiger partial charge in [0.25, 0.3) is 5.56 Å². The first-order valence-corrected chi connectivity index (χ1v) is 5.16. The largest absolute Gasteiger partial charge is 0.315 e. The summed E-state index contributed by atoms with van der Waals surface area (Å²) in [5.74, 6) is -0.340. The Hall–Kier alpha value is -1.16. The molecule has 4 heteroatoms. The molecule has 0 amide bonds. The highest BCUT2D eigenvalue weighted by Crippen LogP contribution is 2.28. The van der Waals surface area contributed by atoms with Crippen LogP contribution in [0.3, 0.4) is 0 Å². The molecule has 15 heavy (non-hydrogen) atoms. The SMILES string of the molecule is CN1CCCC1c1cc(F)cn(C)c1=O. The number of halogens is 1. The number of aryl methyl sites for hydroxylation is 1. The summed E-state index contributed by atoms with van der Waals surface area (Å²) in [5, 5.41) is 0. The molecule has 82 valence electrons. The van der Waals surface area contributed by atoms with Crippen LogP contribution < -0.4 is 5.56 Å². The number of likely N-dealkylation sites (tertiary alicyclic amines) is 1. The Kier molecular flexibility index (Phi) is 2.61. The maximum atomic E-state index is 13.2. The molecule has 0 spiro atoms. The van der Waals surface area contributed by atoms with Crippen LogP contribution in [-0.4, -0.2) is 23.1 Å². The molecule has 0 saturated carbocycles. The topological polar surface area (TPSA) is 25.2 Å². The van der Waals surface area contributed by atoms with Crippen molar-refractivity contribution in [2.45, 2.75) is 18.9 Å². The van der Waals surface area contributed by atoms with Gasteiger partial charge in [0, 0.05) is 24.8 Å². The van der Waals surface area contributed by atoms with Crippen LogP contribution in [0.2, 0.25) is 0 Å². The first kappa shape index (κ1) is 10.4. The van der Waals surface area contributed by atoms with Crippen molar-refractivity contribution in [1.29, 1.82) is 0 Å². The van der Waals surface area contributed by atoms with Crippen LogP contribution in [0.25, 0.3) is 0 Å². The van der Waals surface area contributed by atoms with E-state index in [0.29, 0.717) is 5.56 Å². The molecular formula is C11H15FN2O. The van der Waals surface area contributed by atoms with Crippen molar-refractivity contribution in [3.05, 3.63) is 34.0 Å². The molecule has 1 aliphatic rings. The third-order valence-electron chi connectivity index (χ3n) is 3.06. The molecule has 1 aliphatic heterocycles. The van der Waals surface area contributed by atoms with E-state index in [2.05, 4.69) is 4.90 Å². The van der Waals surface area contributed by atoms with E-state index in [1.165, 1.54) is 16.8 Å². The summed E-state index contributed by atoms with van der Waals surface area (Å²) in [7, 11) is 3.56. The molecule has 2 heterocycles. The average molecular weight is 210 g/mol. The fraction of sp³-hybridized carbons (Fsp3) is 0.545. The minimum Gasteiger partial charge on any atom is -0.315 e. The van der Waals surface area contributed by atoms with Gasteiger partial charge in [-0.2, -0.15) is 0 Å². The molecule has 3 nitrogen and oxygen atoms in total. The molecule has 1 atom stereocenters. The maximum absolute atomic E-state index is 13.2.